The van der Waals surface area contributed by atoms with E-state index < -0.39 is 0 Å². The van der Waals surface area contributed by atoms with E-state index >= 15 is 0 Å². The van der Waals surface area contributed by atoms with Crippen LogP contribution in [0.4, 0.5) is 5.13 Å². The molecule has 3 heterocycles. The number of thiazole rings is 1. The van der Waals surface area contributed by atoms with Crippen molar-refractivity contribution >= 4 is 45.7 Å². The molecule has 2 amide bonds. The van der Waals surface area contributed by atoms with Gasteiger partial charge in [-0.1, -0.05) is 0 Å². The molecule has 6 nitrogen and oxygen atoms in total. The van der Waals surface area contributed by atoms with Crippen molar-refractivity contribution in [1.82, 2.24) is 10.3 Å². The third kappa shape index (κ3) is 5.14. The Morgan fingerprint density at radius 1 is 1.31 bits per heavy atom. The molecule has 8 heteroatoms. The van der Waals surface area contributed by atoms with Gasteiger partial charge in [-0.2, -0.15) is 0 Å². The van der Waals surface area contributed by atoms with Crippen molar-refractivity contribution in [1.29, 1.82) is 0 Å². The summed E-state index contributed by atoms with van der Waals surface area (Å²) >= 11 is 3.05. The average Bonchev–Trinajstić information content (AvgIpc) is 3.34. The first-order chi connectivity index (χ1) is 12.6. The van der Waals surface area contributed by atoms with Crippen molar-refractivity contribution in [2.24, 2.45) is 0 Å². The lowest BCUT2D eigenvalue weighted by atomic mass is 10.3. The normalized spacial score (nSPS) is 11.0. The third-order valence-corrected chi connectivity index (χ3v) is 5.12. The van der Waals surface area contributed by atoms with Gasteiger partial charge in [-0.25, -0.2) is 4.98 Å². The highest BCUT2D eigenvalue weighted by atomic mass is 32.1. The molecule has 2 N–H and O–H groups in total. The Bertz CT molecular complexity index is 910. The van der Waals surface area contributed by atoms with E-state index in [1.807, 2.05) is 24.4 Å². The minimum absolute atomic E-state index is 0.174. The fourth-order valence-electron chi connectivity index (χ4n) is 2.10. The molecule has 3 aromatic heterocycles. The highest BCUT2D eigenvalue weighted by molar-refractivity contribution is 7.17. The van der Waals surface area contributed by atoms with Crippen molar-refractivity contribution in [3.05, 3.63) is 52.6 Å². The fraction of sp³-hybridized carbons (Fsp3) is 0.167. The molecule has 0 aliphatic heterocycles. The fourth-order valence-corrected chi connectivity index (χ4v) is 3.73. The summed E-state index contributed by atoms with van der Waals surface area (Å²) in [6.45, 7) is 2.29. The van der Waals surface area contributed by atoms with Crippen LogP contribution in [0.15, 0.2) is 46.4 Å². The molecule has 26 heavy (non-hydrogen) atoms. The summed E-state index contributed by atoms with van der Waals surface area (Å²) in [7, 11) is 0. The molecule has 0 aliphatic carbocycles. The topological polar surface area (TPSA) is 84.2 Å². The zero-order chi connectivity index (χ0) is 18.4. The Morgan fingerprint density at radius 2 is 2.19 bits per heavy atom. The van der Waals surface area contributed by atoms with Crippen LogP contribution in [0, 0.1) is 6.92 Å². The summed E-state index contributed by atoms with van der Waals surface area (Å²) in [5.74, 6) is 0.126. The summed E-state index contributed by atoms with van der Waals surface area (Å²) in [6, 6.07) is 7.55. The lowest BCUT2D eigenvalue weighted by Crippen LogP contribution is -2.26. The molecule has 134 valence electrons. The SMILES string of the molecule is Cc1ccc(-c2csc(NC(=O)CCNC(=O)/C=C/c3ccco3)n2)s1. The summed E-state index contributed by atoms with van der Waals surface area (Å²) in [5, 5.41) is 7.88. The van der Waals surface area contributed by atoms with Crippen LogP contribution in [0.5, 0.6) is 0 Å². The van der Waals surface area contributed by atoms with Gasteiger partial charge in [0.25, 0.3) is 0 Å². The number of amides is 2. The number of aryl methyl sites for hydroxylation is 1. The molecule has 0 bridgehead atoms. The number of thiophene rings is 1. The van der Waals surface area contributed by atoms with E-state index in [1.54, 1.807) is 29.5 Å². The predicted octanol–water partition coefficient (Wildman–Crippen LogP) is 3.93. The molecule has 0 aliphatic rings. The number of nitrogens with zero attached hydrogens (tertiary/aromatic N) is 1. The number of carbonyl (C=O) groups excluding carboxylic acids is 2. The third-order valence-electron chi connectivity index (χ3n) is 3.34. The number of rotatable bonds is 7. The van der Waals surface area contributed by atoms with Gasteiger partial charge in [-0.15, -0.1) is 22.7 Å². The van der Waals surface area contributed by atoms with Crippen LogP contribution in [0.3, 0.4) is 0 Å². The molecule has 0 saturated heterocycles. The molecule has 0 spiro atoms. The van der Waals surface area contributed by atoms with E-state index in [0.717, 1.165) is 10.6 Å². The summed E-state index contributed by atoms with van der Waals surface area (Å²) in [4.78, 5) is 30.3. The number of anilines is 1. The van der Waals surface area contributed by atoms with Gasteiger partial charge in [-0.3, -0.25) is 9.59 Å². The Labute approximate surface area is 158 Å². The van der Waals surface area contributed by atoms with Crippen molar-refractivity contribution in [3.63, 3.8) is 0 Å². The van der Waals surface area contributed by atoms with Gasteiger partial charge in [-0.05, 0) is 37.3 Å². The van der Waals surface area contributed by atoms with E-state index in [1.165, 1.54) is 28.6 Å². The Kier molecular flexibility index (Phi) is 5.98. The maximum atomic E-state index is 12.0. The highest BCUT2D eigenvalue weighted by Gasteiger charge is 2.09. The van der Waals surface area contributed by atoms with Crippen LogP contribution in [0.2, 0.25) is 0 Å². The lowest BCUT2D eigenvalue weighted by molar-refractivity contribution is -0.117. The van der Waals surface area contributed by atoms with Crippen molar-refractivity contribution < 1.29 is 14.0 Å². The van der Waals surface area contributed by atoms with Crippen LogP contribution in [-0.2, 0) is 9.59 Å². The molecular formula is C18H17N3O3S2. The van der Waals surface area contributed by atoms with Crippen LogP contribution in [-0.4, -0.2) is 23.3 Å². The van der Waals surface area contributed by atoms with Gasteiger partial charge in [0.15, 0.2) is 5.13 Å². The molecule has 0 fully saturated rings. The maximum absolute atomic E-state index is 12.0. The monoisotopic (exact) mass is 387 g/mol. The first kappa shape index (κ1) is 18.1. The maximum Gasteiger partial charge on any atom is 0.244 e. The number of carbonyl (C=O) groups is 2. The van der Waals surface area contributed by atoms with E-state index in [0.29, 0.717) is 10.9 Å². The Hall–Kier alpha value is -2.71. The van der Waals surface area contributed by atoms with Gasteiger partial charge in [0.2, 0.25) is 11.8 Å². The predicted molar refractivity (Wildman–Crippen MR) is 104 cm³/mol. The Balaban J connectivity index is 1.41. The van der Waals surface area contributed by atoms with Crippen molar-refractivity contribution in [2.45, 2.75) is 13.3 Å². The van der Waals surface area contributed by atoms with Crippen LogP contribution < -0.4 is 10.6 Å². The van der Waals surface area contributed by atoms with Gasteiger partial charge in [0.1, 0.15) is 5.76 Å². The zero-order valence-corrected chi connectivity index (χ0v) is 15.7. The second kappa shape index (κ2) is 8.59. The van der Waals surface area contributed by atoms with Crippen molar-refractivity contribution in [2.75, 3.05) is 11.9 Å². The summed E-state index contributed by atoms with van der Waals surface area (Å²) in [6.07, 6.45) is 4.64. The number of nitrogens with one attached hydrogen (secondary N) is 2. The number of furan rings is 1. The first-order valence-electron chi connectivity index (χ1n) is 7.92. The molecule has 3 aromatic rings. The largest absolute Gasteiger partial charge is 0.465 e. The molecule has 0 atom stereocenters. The highest BCUT2D eigenvalue weighted by Crippen LogP contribution is 2.30. The van der Waals surface area contributed by atoms with E-state index in [2.05, 4.69) is 15.6 Å². The molecule has 0 saturated carbocycles. The first-order valence-corrected chi connectivity index (χ1v) is 9.61. The minimum atomic E-state index is -0.279. The summed E-state index contributed by atoms with van der Waals surface area (Å²) < 4.78 is 5.09. The van der Waals surface area contributed by atoms with Crippen LogP contribution in [0.1, 0.15) is 17.1 Å². The Morgan fingerprint density at radius 3 is 2.92 bits per heavy atom. The van der Waals surface area contributed by atoms with Crippen LogP contribution >= 0.6 is 22.7 Å². The number of hydrogen-bond donors (Lipinski definition) is 2. The van der Waals surface area contributed by atoms with Gasteiger partial charge >= 0.3 is 0 Å². The van der Waals surface area contributed by atoms with E-state index in [4.69, 9.17) is 4.42 Å². The van der Waals surface area contributed by atoms with Crippen LogP contribution in [0.25, 0.3) is 16.6 Å². The van der Waals surface area contributed by atoms with E-state index in [-0.39, 0.29) is 24.8 Å². The smallest absolute Gasteiger partial charge is 0.244 e. The molecule has 0 unspecified atom stereocenters. The minimum Gasteiger partial charge on any atom is -0.465 e. The zero-order valence-electron chi connectivity index (χ0n) is 14.0. The second-order valence-electron chi connectivity index (χ2n) is 5.39. The van der Waals surface area contributed by atoms with E-state index in [9.17, 15) is 9.59 Å². The standard InChI is InChI=1S/C18H17N3O3S2/c1-12-4-6-15(26-12)14-11-25-18(20-14)21-17(23)8-9-19-16(22)7-5-13-3-2-10-24-13/h2-7,10-11H,8-9H2,1H3,(H,19,22)(H,20,21,23)/b7-5+. The van der Waals surface area contributed by atoms with Gasteiger partial charge < -0.3 is 15.1 Å². The van der Waals surface area contributed by atoms with Gasteiger partial charge in [0, 0.05) is 29.3 Å². The molecule has 0 aromatic carbocycles. The quantitative estimate of drug-likeness (QED) is 0.602. The van der Waals surface area contributed by atoms with Gasteiger partial charge in [0.05, 0.1) is 16.8 Å². The lowest BCUT2D eigenvalue weighted by Gasteiger charge is -2.02. The van der Waals surface area contributed by atoms with Crippen molar-refractivity contribution in [3.8, 4) is 10.6 Å². The number of hydrogen-bond acceptors (Lipinski definition) is 6. The average molecular weight is 387 g/mol. The molecule has 0 radical (unpaired) electrons. The molecule has 3 rings (SSSR count). The summed E-state index contributed by atoms with van der Waals surface area (Å²) in [5.41, 5.74) is 0.861. The second-order valence-corrected chi connectivity index (χ2v) is 7.53. The molecular weight excluding hydrogens is 370 g/mol. The number of aromatic nitrogens is 1.